The molecular weight excluding hydrogens is 422 g/mol. The van der Waals surface area contributed by atoms with E-state index < -0.39 is 0 Å². The minimum Gasteiger partial charge on any atom is -0.396 e. The van der Waals surface area contributed by atoms with Crippen molar-refractivity contribution in [3.05, 3.63) is 64.6 Å². The molecule has 0 spiro atoms. The van der Waals surface area contributed by atoms with Gasteiger partial charge in [-0.25, -0.2) is 0 Å². The van der Waals surface area contributed by atoms with E-state index >= 15 is 0 Å². The Bertz CT molecular complexity index is 821. The zero-order valence-corrected chi connectivity index (χ0v) is 17.6. The third-order valence-corrected chi connectivity index (χ3v) is 5.90. The standard InChI is InChI=1S/C21H24BrN3OS/c22-19-11-9-18(10-12-19)20-23-24-21(27-16-6-2-5-15-26)25(20)14-13-17-7-3-1-4-8-17/h1,3-4,7-12,26H,2,5-6,13-16H2. The molecule has 3 aromatic rings. The fraction of sp³-hybridized carbons (Fsp3) is 0.333. The van der Waals surface area contributed by atoms with Crippen molar-refractivity contribution in [3.8, 4) is 11.4 Å². The van der Waals surface area contributed by atoms with Gasteiger partial charge in [-0.2, -0.15) is 0 Å². The van der Waals surface area contributed by atoms with Gasteiger partial charge >= 0.3 is 0 Å². The van der Waals surface area contributed by atoms with Gasteiger partial charge in [0.1, 0.15) is 0 Å². The van der Waals surface area contributed by atoms with Gasteiger partial charge in [0, 0.05) is 28.9 Å². The molecule has 0 atom stereocenters. The Balaban J connectivity index is 1.76. The Kier molecular flexibility index (Phi) is 7.93. The lowest BCUT2D eigenvalue weighted by Gasteiger charge is -2.10. The van der Waals surface area contributed by atoms with Crippen molar-refractivity contribution < 1.29 is 5.11 Å². The lowest BCUT2D eigenvalue weighted by atomic mass is 10.1. The maximum absolute atomic E-state index is 8.92. The number of benzene rings is 2. The number of aryl methyl sites for hydroxylation is 1. The van der Waals surface area contributed by atoms with E-state index in [0.717, 1.165) is 59.0 Å². The highest BCUT2D eigenvalue weighted by Gasteiger charge is 2.14. The van der Waals surface area contributed by atoms with Crippen molar-refractivity contribution >= 4 is 27.7 Å². The quantitative estimate of drug-likeness (QED) is 0.343. The number of aliphatic hydroxyl groups is 1. The van der Waals surface area contributed by atoms with Crippen molar-refractivity contribution in [2.75, 3.05) is 12.4 Å². The van der Waals surface area contributed by atoms with Gasteiger partial charge in [-0.05, 0) is 37.0 Å². The zero-order chi connectivity index (χ0) is 18.9. The van der Waals surface area contributed by atoms with E-state index in [9.17, 15) is 0 Å². The molecule has 0 unspecified atom stereocenters. The monoisotopic (exact) mass is 445 g/mol. The number of nitrogens with zero attached hydrogens (tertiary/aromatic N) is 3. The molecule has 1 N–H and O–H groups in total. The highest BCUT2D eigenvalue weighted by atomic mass is 79.9. The van der Waals surface area contributed by atoms with Crippen LogP contribution >= 0.6 is 27.7 Å². The summed E-state index contributed by atoms with van der Waals surface area (Å²) in [5, 5.41) is 18.8. The second kappa shape index (κ2) is 10.6. The van der Waals surface area contributed by atoms with E-state index in [1.54, 1.807) is 11.8 Å². The van der Waals surface area contributed by atoms with Crippen LogP contribution in [0.15, 0.2) is 64.2 Å². The molecule has 0 aliphatic heterocycles. The van der Waals surface area contributed by atoms with Gasteiger partial charge in [-0.15, -0.1) is 10.2 Å². The normalized spacial score (nSPS) is 11.0. The molecule has 0 aliphatic rings. The van der Waals surface area contributed by atoms with Crippen LogP contribution in [0.3, 0.4) is 0 Å². The molecule has 1 heterocycles. The summed E-state index contributed by atoms with van der Waals surface area (Å²) in [6.45, 7) is 1.12. The minimum atomic E-state index is 0.269. The topological polar surface area (TPSA) is 50.9 Å². The minimum absolute atomic E-state index is 0.269. The number of hydrogen-bond acceptors (Lipinski definition) is 4. The Morgan fingerprint density at radius 3 is 2.44 bits per heavy atom. The van der Waals surface area contributed by atoms with Crippen LogP contribution in [-0.4, -0.2) is 32.2 Å². The molecule has 3 rings (SSSR count). The summed E-state index contributed by atoms with van der Waals surface area (Å²) < 4.78 is 3.28. The molecule has 0 saturated carbocycles. The molecule has 27 heavy (non-hydrogen) atoms. The number of hydrogen-bond donors (Lipinski definition) is 1. The van der Waals surface area contributed by atoms with Gasteiger partial charge in [-0.3, -0.25) is 0 Å². The van der Waals surface area contributed by atoms with Crippen LogP contribution in [-0.2, 0) is 13.0 Å². The number of thioether (sulfide) groups is 1. The van der Waals surface area contributed by atoms with Crippen LogP contribution in [0.5, 0.6) is 0 Å². The maximum Gasteiger partial charge on any atom is 0.191 e. The number of rotatable bonds is 10. The predicted molar refractivity (Wildman–Crippen MR) is 115 cm³/mol. The zero-order valence-electron chi connectivity index (χ0n) is 15.2. The third-order valence-electron chi connectivity index (χ3n) is 4.32. The fourth-order valence-electron chi connectivity index (χ4n) is 2.85. The fourth-order valence-corrected chi connectivity index (χ4v) is 4.08. The van der Waals surface area contributed by atoms with Crippen LogP contribution in [0.25, 0.3) is 11.4 Å². The third kappa shape index (κ3) is 5.92. The second-order valence-corrected chi connectivity index (χ2v) is 8.31. The molecular formula is C21H24BrN3OS. The Labute approximate surface area is 173 Å². The Hall–Kier alpha value is -1.63. The highest BCUT2D eigenvalue weighted by molar-refractivity contribution is 9.10. The van der Waals surface area contributed by atoms with Crippen molar-refractivity contribution in [1.82, 2.24) is 14.8 Å². The molecule has 2 aromatic carbocycles. The van der Waals surface area contributed by atoms with Crippen molar-refractivity contribution in [1.29, 1.82) is 0 Å². The number of unbranched alkanes of at least 4 members (excludes halogenated alkanes) is 2. The van der Waals surface area contributed by atoms with E-state index in [1.165, 1.54) is 5.56 Å². The molecule has 0 radical (unpaired) electrons. The first kappa shape index (κ1) is 20.1. The SMILES string of the molecule is OCCCCCSc1nnc(-c2ccc(Br)cc2)n1CCc1ccccc1. The second-order valence-electron chi connectivity index (χ2n) is 6.33. The van der Waals surface area contributed by atoms with E-state index in [2.05, 4.69) is 67.1 Å². The van der Waals surface area contributed by atoms with Gasteiger partial charge in [-0.1, -0.05) is 76.6 Å². The van der Waals surface area contributed by atoms with Crippen LogP contribution in [0, 0.1) is 0 Å². The van der Waals surface area contributed by atoms with Crippen LogP contribution in [0.4, 0.5) is 0 Å². The van der Waals surface area contributed by atoms with Gasteiger partial charge in [0.15, 0.2) is 11.0 Å². The molecule has 0 fully saturated rings. The first-order valence-electron chi connectivity index (χ1n) is 9.24. The lowest BCUT2D eigenvalue weighted by Crippen LogP contribution is -2.05. The average molecular weight is 446 g/mol. The van der Waals surface area contributed by atoms with E-state index in [1.807, 2.05) is 18.2 Å². The van der Waals surface area contributed by atoms with Gasteiger partial charge in [0.05, 0.1) is 0 Å². The Morgan fingerprint density at radius 2 is 1.70 bits per heavy atom. The Morgan fingerprint density at radius 1 is 0.926 bits per heavy atom. The van der Waals surface area contributed by atoms with Gasteiger partial charge < -0.3 is 9.67 Å². The number of halogens is 1. The molecule has 0 saturated heterocycles. The van der Waals surface area contributed by atoms with Crippen molar-refractivity contribution in [2.24, 2.45) is 0 Å². The summed E-state index contributed by atoms with van der Waals surface area (Å²) >= 11 is 5.24. The molecule has 0 amide bonds. The van der Waals surface area contributed by atoms with Gasteiger partial charge in [0.25, 0.3) is 0 Å². The molecule has 4 nitrogen and oxygen atoms in total. The number of aliphatic hydroxyl groups excluding tert-OH is 1. The average Bonchev–Trinajstić information content (AvgIpc) is 3.10. The molecule has 142 valence electrons. The first-order chi connectivity index (χ1) is 13.3. The van der Waals surface area contributed by atoms with Crippen molar-refractivity contribution in [2.45, 2.75) is 37.4 Å². The number of aromatic nitrogens is 3. The molecule has 0 bridgehead atoms. The lowest BCUT2D eigenvalue weighted by molar-refractivity contribution is 0.284. The highest BCUT2D eigenvalue weighted by Crippen LogP contribution is 2.26. The molecule has 6 heteroatoms. The predicted octanol–water partition coefficient (Wildman–Crippen LogP) is 5.21. The summed E-state index contributed by atoms with van der Waals surface area (Å²) in [5.41, 5.74) is 2.39. The van der Waals surface area contributed by atoms with Crippen LogP contribution < -0.4 is 0 Å². The smallest absolute Gasteiger partial charge is 0.191 e. The molecule has 1 aromatic heterocycles. The largest absolute Gasteiger partial charge is 0.396 e. The van der Waals surface area contributed by atoms with Crippen LogP contribution in [0.2, 0.25) is 0 Å². The summed E-state index contributed by atoms with van der Waals surface area (Å²) in [7, 11) is 0. The summed E-state index contributed by atoms with van der Waals surface area (Å²) in [6.07, 6.45) is 3.93. The first-order valence-corrected chi connectivity index (χ1v) is 11.0. The van der Waals surface area contributed by atoms with E-state index in [0.29, 0.717) is 0 Å². The summed E-state index contributed by atoms with van der Waals surface area (Å²) in [5.74, 6) is 1.90. The maximum atomic E-state index is 8.92. The van der Waals surface area contributed by atoms with Crippen molar-refractivity contribution in [3.63, 3.8) is 0 Å². The molecule has 0 aliphatic carbocycles. The van der Waals surface area contributed by atoms with Crippen LogP contribution in [0.1, 0.15) is 24.8 Å². The summed E-state index contributed by atoms with van der Waals surface area (Å²) in [4.78, 5) is 0. The van der Waals surface area contributed by atoms with E-state index in [4.69, 9.17) is 5.11 Å². The summed E-state index contributed by atoms with van der Waals surface area (Å²) in [6, 6.07) is 18.7. The van der Waals surface area contributed by atoms with Gasteiger partial charge in [0.2, 0.25) is 0 Å². The van der Waals surface area contributed by atoms with E-state index in [-0.39, 0.29) is 6.61 Å².